The van der Waals surface area contributed by atoms with Crippen LogP contribution < -0.4 is 0 Å². The second kappa shape index (κ2) is 17.5. The second-order valence-electron chi connectivity index (χ2n) is 4.79. The zero-order valence-electron chi connectivity index (χ0n) is 14.4. The van der Waals surface area contributed by atoms with Crippen molar-refractivity contribution in [1.29, 1.82) is 0 Å². The van der Waals surface area contributed by atoms with Crippen LogP contribution >= 0.6 is 0 Å². The fraction of sp³-hybridized carbons (Fsp3) is 0.737. The predicted octanol–water partition coefficient (Wildman–Crippen LogP) is 7.27. The summed E-state index contributed by atoms with van der Waals surface area (Å²) in [6, 6.07) is 0. The molecule has 0 aromatic heterocycles. The Morgan fingerprint density at radius 2 is 1.37 bits per heavy atom. The number of hydrogen-bond acceptors (Lipinski definition) is 0. The Morgan fingerprint density at radius 1 is 0.737 bits per heavy atom. The summed E-state index contributed by atoms with van der Waals surface area (Å²) in [7, 11) is 0. The summed E-state index contributed by atoms with van der Waals surface area (Å²) in [6.07, 6.45) is 17.5. The van der Waals surface area contributed by atoms with Gasteiger partial charge in [-0.1, -0.05) is 96.9 Å². The van der Waals surface area contributed by atoms with Crippen LogP contribution in [-0.2, 0) is 0 Å². The van der Waals surface area contributed by atoms with Crippen molar-refractivity contribution in [2.24, 2.45) is 0 Å². The van der Waals surface area contributed by atoms with Crippen LogP contribution in [0.3, 0.4) is 0 Å². The lowest BCUT2D eigenvalue weighted by Gasteiger charge is -2.00. The van der Waals surface area contributed by atoms with Gasteiger partial charge in [-0.25, -0.2) is 0 Å². The summed E-state index contributed by atoms with van der Waals surface area (Å²) in [5, 5.41) is 0. The molecule has 0 heteroatoms. The topological polar surface area (TPSA) is 0 Å². The highest BCUT2D eigenvalue weighted by atomic mass is 14.1. The molecule has 0 N–H and O–H groups in total. The first-order chi connectivity index (χ1) is 9.28. The summed E-state index contributed by atoms with van der Waals surface area (Å²) in [5.74, 6) is 0. The first-order valence-electron chi connectivity index (χ1n) is 8.52. The SMILES string of the molecule is CC.CCCC.CCCCCCC1=CC(CC)=C[CH]1. The fourth-order valence-corrected chi connectivity index (χ4v) is 1.68. The molecule has 0 heterocycles. The molecule has 0 bridgehead atoms. The van der Waals surface area contributed by atoms with E-state index >= 15 is 0 Å². The standard InChI is InChI=1S/C13H21.C4H10.C2H6/c1-3-5-6-7-8-13-10-9-12(4-2)11-13;1-3-4-2;1-2/h9-11H,3-8H2,1-2H3;3-4H2,1-2H3;1-2H3. The van der Waals surface area contributed by atoms with E-state index in [4.69, 9.17) is 0 Å². The Labute approximate surface area is 123 Å². The lowest BCUT2D eigenvalue weighted by Crippen LogP contribution is -1.81. The molecule has 1 radical (unpaired) electrons. The third-order valence-electron chi connectivity index (χ3n) is 3.11. The Morgan fingerprint density at radius 3 is 1.79 bits per heavy atom. The molecule has 0 saturated heterocycles. The number of unbranched alkanes of at least 4 members (excludes halogenated alkanes) is 4. The molecule has 0 aromatic carbocycles. The highest BCUT2D eigenvalue weighted by Gasteiger charge is 2.04. The summed E-state index contributed by atoms with van der Waals surface area (Å²) < 4.78 is 0. The van der Waals surface area contributed by atoms with Crippen molar-refractivity contribution >= 4 is 0 Å². The molecule has 0 saturated carbocycles. The van der Waals surface area contributed by atoms with Crippen molar-refractivity contribution in [1.82, 2.24) is 0 Å². The van der Waals surface area contributed by atoms with Crippen LogP contribution in [-0.4, -0.2) is 0 Å². The van der Waals surface area contributed by atoms with E-state index in [0.717, 1.165) is 0 Å². The molecule has 0 nitrogen and oxygen atoms in total. The van der Waals surface area contributed by atoms with Gasteiger partial charge in [0.25, 0.3) is 0 Å². The van der Waals surface area contributed by atoms with Gasteiger partial charge in [0.2, 0.25) is 0 Å². The van der Waals surface area contributed by atoms with Gasteiger partial charge < -0.3 is 0 Å². The fourth-order valence-electron chi connectivity index (χ4n) is 1.68. The molecule has 113 valence electrons. The molecular weight excluding hydrogens is 228 g/mol. The predicted molar refractivity (Wildman–Crippen MR) is 91.4 cm³/mol. The van der Waals surface area contributed by atoms with Crippen molar-refractivity contribution in [3.63, 3.8) is 0 Å². The lowest BCUT2D eigenvalue weighted by molar-refractivity contribution is 0.667. The first kappa shape index (κ1) is 20.8. The minimum atomic E-state index is 1.18. The maximum absolute atomic E-state index is 2.35. The first-order valence-corrected chi connectivity index (χ1v) is 8.52. The van der Waals surface area contributed by atoms with Crippen molar-refractivity contribution in [3.05, 3.63) is 29.7 Å². The zero-order chi connectivity index (χ0) is 14.9. The summed E-state index contributed by atoms with van der Waals surface area (Å²) in [4.78, 5) is 0. The van der Waals surface area contributed by atoms with Gasteiger partial charge in [0.05, 0.1) is 0 Å². The third-order valence-corrected chi connectivity index (χ3v) is 3.11. The molecular formula is C19H37. The van der Waals surface area contributed by atoms with Gasteiger partial charge >= 0.3 is 0 Å². The summed E-state index contributed by atoms with van der Waals surface area (Å²) in [6.45, 7) is 12.8. The van der Waals surface area contributed by atoms with Gasteiger partial charge in [-0.15, -0.1) is 0 Å². The van der Waals surface area contributed by atoms with Crippen LogP contribution in [0.15, 0.2) is 23.3 Å². The van der Waals surface area contributed by atoms with E-state index in [1.807, 2.05) is 13.8 Å². The van der Waals surface area contributed by atoms with E-state index in [2.05, 4.69) is 46.3 Å². The second-order valence-corrected chi connectivity index (χ2v) is 4.79. The molecule has 1 rings (SSSR count). The molecule has 0 spiro atoms. The average Bonchev–Trinajstić information content (AvgIpc) is 2.94. The Bertz CT molecular complexity index is 218. The summed E-state index contributed by atoms with van der Waals surface area (Å²) in [5.41, 5.74) is 3.03. The normalized spacial score (nSPS) is 12.7. The van der Waals surface area contributed by atoms with Crippen molar-refractivity contribution in [2.75, 3.05) is 0 Å². The Balaban J connectivity index is 0. The molecule has 0 amide bonds. The van der Waals surface area contributed by atoms with Gasteiger partial charge in [-0.05, 0) is 19.3 Å². The van der Waals surface area contributed by atoms with Gasteiger partial charge in [-0.3, -0.25) is 0 Å². The smallest absolute Gasteiger partial charge is 0.00863 e. The highest BCUT2D eigenvalue weighted by molar-refractivity contribution is 5.40. The van der Waals surface area contributed by atoms with Crippen LogP contribution in [0.25, 0.3) is 0 Å². The highest BCUT2D eigenvalue weighted by Crippen LogP contribution is 2.23. The van der Waals surface area contributed by atoms with E-state index in [0.29, 0.717) is 0 Å². The van der Waals surface area contributed by atoms with E-state index in [1.54, 1.807) is 0 Å². The maximum atomic E-state index is 2.35. The van der Waals surface area contributed by atoms with Crippen molar-refractivity contribution < 1.29 is 0 Å². The quantitative estimate of drug-likeness (QED) is 0.424. The van der Waals surface area contributed by atoms with Crippen LogP contribution in [0.5, 0.6) is 0 Å². The molecule has 0 aromatic rings. The molecule has 0 aliphatic heterocycles. The molecule has 0 unspecified atom stereocenters. The minimum Gasteiger partial charge on any atom is -0.0732 e. The van der Waals surface area contributed by atoms with E-state index in [-0.39, 0.29) is 0 Å². The van der Waals surface area contributed by atoms with Crippen LogP contribution in [0.4, 0.5) is 0 Å². The third kappa shape index (κ3) is 13.7. The van der Waals surface area contributed by atoms with E-state index in [9.17, 15) is 0 Å². The number of hydrogen-bond donors (Lipinski definition) is 0. The van der Waals surface area contributed by atoms with Crippen LogP contribution in [0, 0.1) is 6.42 Å². The van der Waals surface area contributed by atoms with E-state index in [1.165, 1.54) is 62.5 Å². The van der Waals surface area contributed by atoms with Crippen molar-refractivity contribution in [3.8, 4) is 0 Å². The van der Waals surface area contributed by atoms with Gasteiger partial charge in [0, 0.05) is 6.42 Å². The number of allylic oxidation sites excluding steroid dienone is 4. The minimum absolute atomic E-state index is 1.18. The Kier molecular flexibility index (Phi) is 19.1. The lowest BCUT2D eigenvalue weighted by atomic mass is 10.1. The van der Waals surface area contributed by atoms with Gasteiger partial charge in [0.1, 0.15) is 0 Å². The average molecular weight is 266 g/mol. The molecule has 1 aliphatic rings. The maximum Gasteiger partial charge on any atom is 0.00863 e. The van der Waals surface area contributed by atoms with Gasteiger partial charge in [0.15, 0.2) is 0 Å². The van der Waals surface area contributed by atoms with E-state index < -0.39 is 0 Å². The molecule has 1 aliphatic carbocycles. The van der Waals surface area contributed by atoms with Crippen molar-refractivity contribution in [2.45, 2.75) is 92.9 Å². The largest absolute Gasteiger partial charge is 0.0732 e. The molecule has 0 fully saturated rings. The Hall–Kier alpha value is -0.520. The van der Waals surface area contributed by atoms with Crippen LogP contribution in [0.1, 0.15) is 92.9 Å². The molecule has 0 atom stereocenters. The number of rotatable bonds is 7. The van der Waals surface area contributed by atoms with Crippen LogP contribution in [0.2, 0.25) is 0 Å². The zero-order valence-corrected chi connectivity index (χ0v) is 14.4. The summed E-state index contributed by atoms with van der Waals surface area (Å²) >= 11 is 0. The monoisotopic (exact) mass is 265 g/mol. The van der Waals surface area contributed by atoms with Gasteiger partial charge in [-0.2, -0.15) is 0 Å². The molecule has 19 heavy (non-hydrogen) atoms.